The number of rotatable bonds is 5. The second-order valence-electron chi connectivity index (χ2n) is 4.88. The summed E-state index contributed by atoms with van der Waals surface area (Å²) in [5.74, 6) is -0.241. The van der Waals surface area contributed by atoms with Gasteiger partial charge in [0.15, 0.2) is 5.11 Å². The van der Waals surface area contributed by atoms with E-state index in [-0.39, 0.29) is 24.2 Å². The number of nitrogens with one attached hydrogen (secondary N) is 1. The summed E-state index contributed by atoms with van der Waals surface area (Å²) in [7, 11) is 0. The maximum atomic E-state index is 12.0. The van der Waals surface area contributed by atoms with Gasteiger partial charge in [0.2, 0.25) is 5.91 Å². The third-order valence-corrected chi connectivity index (χ3v) is 3.28. The third-order valence-electron chi connectivity index (χ3n) is 2.92. The minimum Gasteiger partial charge on any atom is -0.466 e. The molecule has 1 saturated heterocycles. The van der Waals surface area contributed by atoms with Crippen molar-refractivity contribution in [3.05, 3.63) is 0 Å². The highest BCUT2D eigenvalue weighted by molar-refractivity contribution is 7.80. The molecule has 1 amide bonds. The van der Waals surface area contributed by atoms with Crippen LogP contribution in [0.1, 0.15) is 33.6 Å². The molecular weight excluding hydrogens is 278 g/mol. The van der Waals surface area contributed by atoms with Crippen LogP contribution in [0.4, 0.5) is 0 Å². The van der Waals surface area contributed by atoms with Crippen LogP contribution in [0.3, 0.4) is 0 Å². The predicted molar refractivity (Wildman–Crippen MR) is 79.7 cm³/mol. The maximum Gasteiger partial charge on any atom is 0.307 e. The predicted octanol–water partition coefficient (Wildman–Crippen LogP) is 0.919. The summed E-state index contributed by atoms with van der Waals surface area (Å²) in [4.78, 5) is 23.3. The van der Waals surface area contributed by atoms with E-state index in [1.54, 1.807) is 16.9 Å². The Labute approximate surface area is 125 Å². The second kappa shape index (κ2) is 8.04. The van der Waals surface area contributed by atoms with Crippen molar-refractivity contribution in [3.8, 4) is 0 Å². The van der Waals surface area contributed by atoms with E-state index < -0.39 is 0 Å². The van der Waals surface area contributed by atoms with Crippen molar-refractivity contribution >= 4 is 29.2 Å². The molecule has 0 atom stereocenters. The molecule has 1 heterocycles. The monoisotopic (exact) mass is 301 g/mol. The molecule has 0 aromatic rings. The lowest BCUT2D eigenvalue weighted by Gasteiger charge is -2.31. The zero-order chi connectivity index (χ0) is 15.1. The van der Waals surface area contributed by atoms with Crippen LogP contribution < -0.4 is 5.32 Å². The number of nitrogens with zero attached hydrogens (tertiary/aromatic N) is 2. The molecular formula is C13H23N3O3S. The standard InChI is InChI=1S/C13H23N3O3S/c1-4-19-11(17)6-7-14-13(20)16-9-5-8-15(16)12(18)10(2)3/h10H,4-9H2,1-3H3,(H,14,20). The van der Waals surface area contributed by atoms with Gasteiger partial charge in [-0.15, -0.1) is 0 Å². The Morgan fingerprint density at radius 2 is 1.95 bits per heavy atom. The van der Waals surface area contributed by atoms with Gasteiger partial charge >= 0.3 is 5.97 Å². The molecule has 1 N–H and O–H groups in total. The molecule has 0 unspecified atom stereocenters. The van der Waals surface area contributed by atoms with Gasteiger partial charge in [0.05, 0.1) is 13.0 Å². The lowest BCUT2D eigenvalue weighted by Crippen LogP contribution is -2.50. The molecule has 114 valence electrons. The molecule has 0 spiro atoms. The molecule has 0 aromatic carbocycles. The first-order valence-corrected chi connectivity index (χ1v) is 7.40. The summed E-state index contributed by atoms with van der Waals surface area (Å²) in [6.45, 7) is 7.73. The Morgan fingerprint density at radius 3 is 2.55 bits per heavy atom. The molecule has 1 aliphatic rings. The SMILES string of the molecule is CCOC(=O)CCNC(=S)N1CCCN1C(=O)C(C)C. The number of thiocarbonyl (C=S) groups is 1. The fourth-order valence-corrected chi connectivity index (χ4v) is 2.24. The first kappa shape index (κ1) is 16.7. The van der Waals surface area contributed by atoms with Crippen molar-refractivity contribution in [2.75, 3.05) is 26.2 Å². The van der Waals surface area contributed by atoms with Gasteiger partial charge in [-0.3, -0.25) is 19.6 Å². The van der Waals surface area contributed by atoms with Crippen molar-refractivity contribution in [2.45, 2.75) is 33.6 Å². The van der Waals surface area contributed by atoms with Gasteiger partial charge in [-0.1, -0.05) is 13.8 Å². The molecule has 1 aliphatic heterocycles. The summed E-state index contributed by atoms with van der Waals surface area (Å²) >= 11 is 5.28. The molecule has 6 nitrogen and oxygen atoms in total. The third kappa shape index (κ3) is 4.63. The van der Waals surface area contributed by atoms with Gasteiger partial charge in [-0.25, -0.2) is 0 Å². The fraction of sp³-hybridized carbons (Fsp3) is 0.769. The number of amides is 1. The Kier molecular flexibility index (Phi) is 6.70. The molecule has 1 fully saturated rings. The highest BCUT2D eigenvalue weighted by Crippen LogP contribution is 2.14. The molecule has 7 heteroatoms. The summed E-state index contributed by atoms with van der Waals surface area (Å²) in [5.41, 5.74) is 0. The second-order valence-corrected chi connectivity index (χ2v) is 5.27. The van der Waals surface area contributed by atoms with Crippen LogP contribution in [-0.2, 0) is 14.3 Å². The van der Waals surface area contributed by atoms with E-state index in [1.165, 1.54) is 0 Å². The van der Waals surface area contributed by atoms with Gasteiger partial charge in [0, 0.05) is 25.6 Å². The van der Waals surface area contributed by atoms with Crippen LogP contribution in [0.5, 0.6) is 0 Å². The average molecular weight is 301 g/mol. The van der Waals surface area contributed by atoms with Gasteiger partial charge in [0.25, 0.3) is 0 Å². The maximum absolute atomic E-state index is 12.0. The number of esters is 1. The number of hydrazine groups is 1. The summed E-state index contributed by atoms with van der Waals surface area (Å²) < 4.78 is 4.84. The van der Waals surface area contributed by atoms with E-state index in [4.69, 9.17) is 17.0 Å². The zero-order valence-electron chi connectivity index (χ0n) is 12.3. The quantitative estimate of drug-likeness (QED) is 0.602. The van der Waals surface area contributed by atoms with E-state index in [9.17, 15) is 9.59 Å². The van der Waals surface area contributed by atoms with Crippen molar-refractivity contribution < 1.29 is 14.3 Å². The number of hydrogen-bond donors (Lipinski definition) is 1. The van der Waals surface area contributed by atoms with Crippen LogP contribution in [0.25, 0.3) is 0 Å². The van der Waals surface area contributed by atoms with E-state index in [0.29, 0.717) is 24.8 Å². The topological polar surface area (TPSA) is 61.9 Å². The van der Waals surface area contributed by atoms with Crippen molar-refractivity contribution in [1.82, 2.24) is 15.3 Å². The van der Waals surface area contributed by atoms with Gasteiger partial charge in [-0.2, -0.15) is 0 Å². The van der Waals surface area contributed by atoms with Crippen molar-refractivity contribution in [1.29, 1.82) is 0 Å². The van der Waals surface area contributed by atoms with Crippen LogP contribution in [0.2, 0.25) is 0 Å². The number of ether oxygens (including phenoxy) is 1. The number of carbonyl (C=O) groups is 2. The van der Waals surface area contributed by atoms with E-state index in [2.05, 4.69) is 5.32 Å². The lowest BCUT2D eigenvalue weighted by atomic mass is 10.2. The minimum absolute atomic E-state index is 0.0575. The Balaban J connectivity index is 2.42. The lowest BCUT2D eigenvalue weighted by molar-refractivity contribution is -0.143. The molecule has 0 saturated carbocycles. The van der Waals surface area contributed by atoms with Gasteiger partial charge < -0.3 is 10.1 Å². The van der Waals surface area contributed by atoms with Gasteiger partial charge in [0.1, 0.15) is 0 Å². The van der Waals surface area contributed by atoms with E-state index >= 15 is 0 Å². The zero-order valence-corrected chi connectivity index (χ0v) is 13.2. The van der Waals surface area contributed by atoms with Crippen LogP contribution >= 0.6 is 12.2 Å². The Bertz CT molecular complexity index is 374. The highest BCUT2D eigenvalue weighted by Gasteiger charge is 2.29. The first-order chi connectivity index (χ1) is 9.47. The Hall–Kier alpha value is -1.37. The molecule has 1 rings (SSSR count). The fourth-order valence-electron chi connectivity index (χ4n) is 1.95. The molecule has 0 aromatic heterocycles. The molecule has 0 bridgehead atoms. The van der Waals surface area contributed by atoms with E-state index in [1.807, 2.05) is 13.8 Å². The minimum atomic E-state index is -0.251. The van der Waals surface area contributed by atoms with Crippen LogP contribution in [-0.4, -0.2) is 53.2 Å². The number of hydrogen-bond acceptors (Lipinski definition) is 4. The smallest absolute Gasteiger partial charge is 0.307 e. The molecule has 20 heavy (non-hydrogen) atoms. The summed E-state index contributed by atoms with van der Waals surface area (Å²) in [6.07, 6.45) is 1.16. The largest absolute Gasteiger partial charge is 0.466 e. The van der Waals surface area contributed by atoms with Gasteiger partial charge in [-0.05, 0) is 25.6 Å². The average Bonchev–Trinajstić information content (AvgIpc) is 2.86. The van der Waals surface area contributed by atoms with E-state index in [0.717, 1.165) is 13.0 Å². The van der Waals surface area contributed by atoms with Crippen molar-refractivity contribution in [3.63, 3.8) is 0 Å². The first-order valence-electron chi connectivity index (χ1n) is 6.99. The Morgan fingerprint density at radius 1 is 1.30 bits per heavy atom. The van der Waals surface area contributed by atoms with Crippen molar-refractivity contribution in [2.24, 2.45) is 5.92 Å². The molecule has 0 aliphatic carbocycles. The number of carbonyl (C=O) groups excluding carboxylic acids is 2. The highest BCUT2D eigenvalue weighted by atomic mass is 32.1. The summed E-state index contributed by atoms with van der Waals surface area (Å²) in [6, 6.07) is 0. The van der Waals surface area contributed by atoms with Crippen LogP contribution in [0.15, 0.2) is 0 Å². The summed E-state index contributed by atoms with van der Waals surface area (Å²) in [5, 5.41) is 6.95. The van der Waals surface area contributed by atoms with Crippen LogP contribution in [0, 0.1) is 5.92 Å². The normalized spacial score (nSPS) is 14.6. The molecule has 0 radical (unpaired) electrons.